The lowest BCUT2D eigenvalue weighted by Crippen LogP contribution is -2.15. The Morgan fingerprint density at radius 2 is 2.05 bits per heavy atom. The number of carbonyl (C=O) groups excluding carboxylic acids is 1. The summed E-state index contributed by atoms with van der Waals surface area (Å²) in [6, 6.07) is 5.13. The highest BCUT2D eigenvalue weighted by atomic mass is 79.9. The number of rotatable bonds is 4. The maximum atomic E-state index is 13.6. The van der Waals surface area contributed by atoms with Gasteiger partial charge in [0.1, 0.15) is 17.3 Å². The van der Waals surface area contributed by atoms with Crippen LogP contribution >= 0.6 is 15.9 Å². The van der Waals surface area contributed by atoms with E-state index < -0.39 is 17.5 Å². The summed E-state index contributed by atoms with van der Waals surface area (Å²) >= 11 is 2.94. The van der Waals surface area contributed by atoms with E-state index >= 15 is 0 Å². The molecule has 0 spiro atoms. The van der Waals surface area contributed by atoms with E-state index in [0.717, 1.165) is 11.8 Å². The third kappa shape index (κ3) is 3.75. The molecule has 0 atom stereocenters. The Morgan fingerprint density at radius 1 is 1.29 bits per heavy atom. The van der Waals surface area contributed by atoms with Gasteiger partial charge >= 0.3 is 0 Å². The summed E-state index contributed by atoms with van der Waals surface area (Å²) in [5.74, 6) is -2.17. The summed E-state index contributed by atoms with van der Waals surface area (Å²) in [4.78, 5) is 16.0. The van der Waals surface area contributed by atoms with E-state index in [0.29, 0.717) is 12.6 Å². The maximum Gasteiger partial charge on any atom is 0.274 e. The lowest BCUT2D eigenvalue weighted by atomic mass is 10.2. The number of carbonyl (C=O) groups is 1. The number of amides is 1. The van der Waals surface area contributed by atoms with Gasteiger partial charge in [-0.2, -0.15) is 0 Å². The van der Waals surface area contributed by atoms with E-state index in [1.807, 2.05) is 6.92 Å². The molecule has 2 rings (SSSR count). The number of pyridine rings is 1. The molecule has 110 valence electrons. The molecule has 1 aromatic heterocycles. The molecule has 0 unspecified atom stereocenters. The van der Waals surface area contributed by atoms with Crippen molar-refractivity contribution >= 4 is 33.2 Å². The number of aromatic nitrogens is 1. The largest absolute Gasteiger partial charge is 0.385 e. The molecule has 0 radical (unpaired) electrons. The quantitative estimate of drug-likeness (QED) is 0.820. The molecule has 2 aromatic rings. The van der Waals surface area contributed by atoms with E-state index in [1.54, 1.807) is 12.1 Å². The van der Waals surface area contributed by atoms with Gasteiger partial charge in [-0.3, -0.25) is 9.78 Å². The Kier molecular flexibility index (Phi) is 4.85. The average Bonchev–Trinajstić information content (AvgIpc) is 2.45. The first-order valence-corrected chi connectivity index (χ1v) is 6.96. The average molecular weight is 356 g/mol. The van der Waals surface area contributed by atoms with Crippen LogP contribution in [0.5, 0.6) is 0 Å². The van der Waals surface area contributed by atoms with Crippen molar-refractivity contribution in [3.8, 4) is 0 Å². The molecule has 7 heteroatoms. The lowest BCUT2D eigenvalue weighted by molar-refractivity contribution is 0.102. The Labute approximate surface area is 128 Å². The minimum absolute atomic E-state index is 0.0635. The normalized spacial score (nSPS) is 10.3. The minimum Gasteiger partial charge on any atom is -0.385 e. The second-order valence-electron chi connectivity index (χ2n) is 4.16. The first kappa shape index (κ1) is 15.4. The monoisotopic (exact) mass is 355 g/mol. The van der Waals surface area contributed by atoms with Gasteiger partial charge in [-0.25, -0.2) is 8.78 Å². The van der Waals surface area contributed by atoms with Gasteiger partial charge in [-0.15, -0.1) is 0 Å². The third-order valence-electron chi connectivity index (χ3n) is 2.63. The van der Waals surface area contributed by atoms with Gasteiger partial charge in [-0.1, -0.05) is 0 Å². The zero-order valence-corrected chi connectivity index (χ0v) is 12.7. The zero-order valence-electron chi connectivity index (χ0n) is 11.1. The highest BCUT2D eigenvalue weighted by molar-refractivity contribution is 9.10. The van der Waals surface area contributed by atoms with Crippen LogP contribution < -0.4 is 10.6 Å². The summed E-state index contributed by atoms with van der Waals surface area (Å²) in [5, 5.41) is 5.41. The van der Waals surface area contributed by atoms with Gasteiger partial charge in [0, 0.05) is 24.5 Å². The molecule has 21 heavy (non-hydrogen) atoms. The highest BCUT2D eigenvalue weighted by Gasteiger charge is 2.13. The number of benzene rings is 1. The molecule has 0 saturated heterocycles. The molecule has 0 bridgehead atoms. The van der Waals surface area contributed by atoms with Crippen LogP contribution in [0.25, 0.3) is 0 Å². The summed E-state index contributed by atoms with van der Waals surface area (Å²) in [7, 11) is 0. The second-order valence-corrected chi connectivity index (χ2v) is 5.01. The SMILES string of the molecule is CCNc1ccnc(C(=O)Nc2cc(Br)c(F)cc2F)c1. The van der Waals surface area contributed by atoms with Gasteiger partial charge in [0.25, 0.3) is 5.91 Å². The Bertz CT molecular complexity index is 679. The first-order valence-electron chi connectivity index (χ1n) is 6.17. The maximum absolute atomic E-state index is 13.6. The van der Waals surface area contributed by atoms with E-state index in [2.05, 4.69) is 31.5 Å². The van der Waals surface area contributed by atoms with E-state index in [-0.39, 0.29) is 15.9 Å². The highest BCUT2D eigenvalue weighted by Crippen LogP contribution is 2.24. The summed E-state index contributed by atoms with van der Waals surface area (Å²) in [6.45, 7) is 2.62. The van der Waals surface area contributed by atoms with Crippen LogP contribution in [-0.2, 0) is 0 Å². The van der Waals surface area contributed by atoms with Crippen LogP contribution in [0.4, 0.5) is 20.2 Å². The van der Waals surface area contributed by atoms with Gasteiger partial charge in [0.2, 0.25) is 0 Å². The van der Waals surface area contributed by atoms with Crippen molar-refractivity contribution in [1.82, 2.24) is 4.98 Å². The number of halogens is 3. The molecule has 0 saturated carbocycles. The minimum atomic E-state index is -0.855. The zero-order chi connectivity index (χ0) is 15.4. The van der Waals surface area contributed by atoms with E-state index in [4.69, 9.17) is 0 Å². The second kappa shape index (κ2) is 6.62. The number of hydrogen-bond acceptors (Lipinski definition) is 3. The van der Waals surface area contributed by atoms with Crippen LogP contribution in [0, 0.1) is 11.6 Å². The van der Waals surface area contributed by atoms with Gasteiger partial charge in [0.15, 0.2) is 0 Å². The fourth-order valence-electron chi connectivity index (χ4n) is 1.67. The number of hydrogen-bond donors (Lipinski definition) is 2. The Morgan fingerprint density at radius 3 is 2.76 bits per heavy atom. The van der Waals surface area contributed by atoms with E-state index in [1.165, 1.54) is 6.20 Å². The van der Waals surface area contributed by atoms with Crippen LogP contribution in [0.3, 0.4) is 0 Å². The van der Waals surface area contributed by atoms with Crippen molar-refractivity contribution in [3.05, 3.63) is 52.3 Å². The standard InChI is InChI=1S/C14H12BrF2N3O/c1-2-18-8-3-4-19-13(5-8)14(21)20-12-6-9(15)10(16)7-11(12)17/h3-7H,2H2,1H3,(H,18,19)(H,20,21). The molecular weight excluding hydrogens is 344 g/mol. The summed E-state index contributed by atoms with van der Waals surface area (Å²) in [6.07, 6.45) is 1.48. The molecule has 4 nitrogen and oxygen atoms in total. The van der Waals surface area contributed by atoms with Gasteiger partial charge < -0.3 is 10.6 Å². The molecule has 0 aliphatic rings. The van der Waals surface area contributed by atoms with Crippen molar-refractivity contribution in [3.63, 3.8) is 0 Å². The molecule has 1 amide bonds. The van der Waals surface area contributed by atoms with Crippen molar-refractivity contribution in [2.24, 2.45) is 0 Å². The van der Waals surface area contributed by atoms with Crippen LogP contribution in [-0.4, -0.2) is 17.4 Å². The fourth-order valence-corrected chi connectivity index (χ4v) is 2.02. The molecule has 1 aromatic carbocycles. The lowest BCUT2D eigenvalue weighted by Gasteiger charge is -2.08. The van der Waals surface area contributed by atoms with E-state index in [9.17, 15) is 13.6 Å². The first-order chi connectivity index (χ1) is 10.0. The van der Waals surface area contributed by atoms with Crippen molar-refractivity contribution in [2.45, 2.75) is 6.92 Å². The van der Waals surface area contributed by atoms with Crippen molar-refractivity contribution in [2.75, 3.05) is 17.2 Å². The number of nitrogens with one attached hydrogen (secondary N) is 2. The number of nitrogens with zero attached hydrogens (tertiary/aromatic N) is 1. The van der Waals surface area contributed by atoms with Crippen LogP contribution in [0.1, 0.15) is 17.4 Å². The predicted molar refractivity (Wildman–Crippen MR) is 80.4 cm³/mol. The smallest absolute Gasteiger partial charge is 0.274 e. The summed E-state index contributed by atoms with van der Waals surface area (Å²) in [5.41, 5.74) is 0.746. The molecule has 2 N–H and O–H groups in total. The molecule has 1 heterocycles. The Hall–Kier alpha value is -2.02. The number of anilines is 2. The van der Waals surface area contributed by atoms with Crippen LogP contribution in [0.15, 0.2) is 34.9 Å². The molecule has 0 aliphatic heterocycles. The predicted octanol–water partition coefficient (Wildman–Crippen LogP) is 3.81. The topological polar surface area (TPSA) is 54.0 Å². The summed E-state index contributed by atoms with van der Waals surface area (Å²) < 4.78 is 26.8. The molecule has 0 aliphatic carbocycles. The third-order valence-corrected chi connectivity index (χ3v) is 3.24. The molecular formula is C14H12BrF2N3O. The van der Waals surface area contributed by atoms with Crippen LogP contribution in [0.2, 0.25) is 0 Å². The van der Waals surface area contributed by atoms with Gasteiger partial charge in [-0.05, 0) is 41.1 Å². The fraction of sp³-hybridized carbons (Fsp3) is 0.143. The Balaban J connectivity index is 2.22. The molecule has 0 fully saturated rings. The van der Waals surface area contributed by atoms with Gasteiger partial charge in [0.05, 0.1) is 10.2 Å². The van der Waals surface area contributed by atoms with Crippen molar-refractivity contribution < 1.29 is 13.6 Å². The van der Waals surface area contributed by atoms with Crippen molar-refractivity contribution in [1.29, 1.82) is 0 Å².